The lowest BCUT2D eigenvalue weighted by Crippen LogP contribution is -2.57. The van der Waals surface area contributed by atoms with Crippen LogP contribution >= 0.6 is 23.4 Å². The van der Waals surface area contributed by atoms with Crippen LogP contribution in [0.5, 0.6) is 5.75 Å². The Kier molecular flexibility index (Phi) is 7.99. The summed E-state index contributed by atoms with van der Waals surface area (Å²) in [6.45, 7) is 6.76. The lowest BCUT2D eigenvalue weighted by atomic mass is 10.00. The van der Waals surface area contributed by atoms with Gasteiger partial charge in [0.25, 0.3) is 0 Å². The highest BCUT2D eigenvalue weighted by Crippen LogP contribution is 2.41. The zero-order valence-corrected chi connectivity index (χ0v) is 26.3. The Labute approximate surface area is 258 Å². The second kappa shape index (κ2) is 11.6. The molecule has 12 heteroatoms. The normalized spacial score (nSPS) is 18.5. The molecule has 6 rings (SSSR count). The van der Waals surface area contributed by atoms with Gasteiger partial charge in [0.05, 0.1) is 17.5 Å². The zero-order valence-electron chi connectivity index (χ0n) is 24.7. The van der Waals surface area contributed by atoms with Gasteiger partial charge in [-0.1, -0.05) is 35.5 Å². The van der Waals surface area contributed by atoms with Gasteiger partial charge in [0, 0.05) is 42.4 Å². The van der Waals surface area contributed by atoms with Gasteiger partial charge in [-0.25, -0.2) is 19.2 Å². The first-order valence-corrected chi connectivity index (χ1v) is 15.7. The molecule has 226 valence electrons. The minimum atomic E-state index is -0.574. The van der Waals surface area contributed by atoms with Gasteiger partial charge in [0.1, 0.15) is 28.4 Å². The molecule has 0 radical (unpaired) electrons. The van der Waals surface area contributed by atoms with Crippen molar-refractivity contribution in [2.24, 2.45) is 0 Å². The molecule has 0 unspecified atom stereocenters. The Morgan fingerprint density at radius 1 is 1.16 bits per heavy atom. The summed E-state index contributed by atoms with van der Waals surface area (Å²) >= 11 is 7.97. The molecule has 2 aliphatic rings. The van der Waals surface area contributed by atoms with Crippen molar-refractivity contribution in [2.75, 3.05) is 38.1 Å². The zero-order chi connectivity index (χ0) is 30.5. The fourth-order valence-electron chi connectivity index (χ4n) is 5.98. The van der Waals surface area contributed by atoms with Gasteiger partial charge >= 0.3 is 6.09 Å². The largest absolute Gasteiger partial charge is 0.468 e. The molecule has 4 heterocycles. The van der Waals surface area contributed by atoms with E-state index in [9.17, 15) is 4.79 Å². The molecule has 9 nitrogen and oxygen atoms in total. The van der Waals surface area contributed by atoms with E-state index < -0.39 is 11.4 Å². The number of fused-ring (bicyclic) bond motifs is 4. The van der Waals surface area contributed by atoms with Crippen molar-refractivity contribution < 1.29 is 23.4 Å². The summed E-state index contributed by atoms with van der Waals surface area (Å²) in [5.74, 6) is 0.532. The molecule has 2 bridgehead atoms. The molecule has 1 amide bonds. The second-order valence-electron chi connectivity index (χ2n) is 11.8. The number of thioether (sulfide) groups is 1. The first kappa shape index (κ1) is 29.7. The number of benzene rings is 2. The van der Waals surface area contributed by atoms with Crippen molar-refractivity contribution in [3.05, 3.63) is 47.4 Å². The number of pyridine rings is 1. The van der Waals surface area contributed by atoms with E-state index in [0.29, 0.717) is 51.2 Å². The van der Waals surface area contributed by atoms with Gasteiger partial charge in [0.2, 0.25) is 0 Å². The van der Waals surface area contributed by atoms with Gasteiger partial charge in [0.15, 0.2) is 17.8 Å². The summed E-state index contributed by atoms with van der Waals surface area (Å²) in [7, 11) is 1.53. The Morgan fingerprint density at radius 2 is 1.91 bits per heavy atom. The number of carbonyl (C=O) groups excluding carboxylic acids is 1. The Hall–Kier alpha value is -3.41. The lowest BCUT2D eigenvalue weighted by molar-refractivity contribution is 0.0123. The fraction of sp³-hybridized carbons (Fsp3) is 0.419. The van der Waals surface area contributed by atoms with Crippen LogP contribution in [0.1, 0.15) is 33.6 Å². The summed E-state index contributed by atoms with van der Waals surface area (Å²) in [6, 6.07) is 8.97. The van der Waals surface area contributed by atoms with E-state index in [4.69, 9.17) is 30.8 Å². The molecule has 0 saturated carbocycles. The maximum atomic E-state index is 16.6. The molecule has 4 aromatic rings. The second-order valence-corrected chi connectivity index (χ2v) is 12.9. The molecule has 2 aromatic heterocycles. The van der Waals surface area contributed by atoms with E-state index in [1.807, 2.05) is 50.1 Å². The summed E-state index contributed by atoms with van der Waals surface area (Å²) in [5.41, 5.74) is 0.198. The highest BCUT2D eigenvalue weighted by molar-refractivity contribution is 7.98. The van der Waals surface area contributed by atoms with Gasteiger partial charge in [-0.2, -0.15) is 0 Å². The number of nitrogens with zero attached hydrogens (tertiary/aromatic N) is 5. The number of amides is 1. The first-order valence-electron chi connectivity index (χ1n) is 14.1. The Bertz CT molecular complexity index is 1700. The lowest BCUT2D eigenvalue weighted by Gasteiger charge is -2.42. The molecule has 43 heavy (non-hydrogen) atoms. The molecular formula is C31H33ClFN5O4S. The number of aromatic nitrogens is 3. The van der Waals surface area contributed by atoms with E-state index in [1.54, 1.807) is 18.3 Å². The van der Waals surface area contributed by atoms with E-state index in [-0.39, 0.29) is 36.2 Å². The van der Waals surface area contributed by atoms with Crippen molar-refractivity contribution in [1.29, 1.82) is 0 Å². The number of hydrogen-bond acceptors (Lipinski definition) is 9. The van der Waals surface area contributed by atoms with E-state index in [2.05, 4.69) is 14.9 Å². The Morgan fingerprint density at radius 3 is 2.58 bits per heavy atom. The standard InChI is InChI=1S/C31H33ClFN5O4S/c1-31(2,3)42-30(39)38-18-9-10-19(38)15-37(14-18)28-22-13-34-26(25(33)27(22)35-29(36-28)43-5)21-12-20(41-16-40-4)11-17-7-6-8-23(32)24(17)21/h6-8,11-13,18-19H,9-10,14-16H2,1-5H3/t18-,19+. The topological polar surface area (TPSA) is 89.9 Å². The van der Waals surface area contributed by atoms with Crippen molar-refractivity contribution in [3.8, 4) is 17.0 Å². The predicted octanol–water partition coefficient (Wildman–Crippen LogP) is 6.93. The smallest absolute Gasteiger partial charge is 0.410 e. The third-order valence-electron chi connectivity index (χ3n) is 7.71. The number of anilines is 1. The number of rotatable bonds is 6. The molecule has 0 N–H and O–H groups in total. The van der Waals surface area contributed by atoms with Crippen LogP contribution in [0.2, 0.25) is 5.02 Å². The molecule has 2 atom stereocenters. The number of halogens is 2. The number of carbonyl (C=O) groups is 1. The van der Waals surface area contributed by atoms with Gasteiger partial charge in [-0.05, 0) is 63.5 Å². The summed E-state index contributed by atoms with van der Waals surface area (Å²) in [5, 5.41) is 2.86. The van der Waals surface area contributed by atoms with Crippen molar-refractivity contribution in [1.82, 2.24) is 19.9 Å². The molecule has 2 aromatic carbocycles. The third-order valence-corrected chi connectivity index (χ3v) is 8.57. The predicted molar refractivity (Wildman–Crippen MR) is 167 cm³/mol. The van der Waals surface area contributed by atoms with Crippen LogP contribution in [0.25, 0.3) is 32.9 Å². The van der Waals surface area contributed by atoms with Crippen LogP contribution in [0.3, 0.4) is 0 Å². The van der Waals surface area contributed by atoms with Crippen molar-refractivity contribution >= 4 is 56.9 Å². The molecule has 2 saturated heterocycles. The Balaban J connectivity index is 1.43. The minimum absolute atomic E-state index is 0.0308. The van der Waals surface area contributed by atoms with Gasteiger partial charge in [-0.15, -0.1) is 0 Å². The van der Waals surface area contributed by atoms with Crippen LogP contribution < -0.4 is 9.64 Å². The quantitative estimate of drug-likeness (QED) is 0.128. The maximum Gasteiger partial charge on any atom is 0.410 e. The van der Waals surface area contributed by atoms with E-state index >= 15 is 4.39 Å². The monoisotopic (exact) mass is 625 g/mol. The van der Waals surface area contributed by atoms with E-state index in [1.165, 1.54) is 18.9 Å². The molecule has 0 aliphatic carbocycles. The number of ether oxygens (including phenoxy) is 3. The average Bonchev–Trinajstić information content (AvgIpc) is 3.24. The van der Waals surface area contributed by atoms with Crippen LogP contribution in [0.15, 0.2) is 41.7 Å². The molecule has 2 aliphatic heterocycles. The molecule has 2 fully saturated rings. The SMILES string of the molecule is COCOc1cc(-c2ncc3c(N4C[C@H]5CC[C@@H](C4)N5C(=O)OC(C)(C)C)nc(SC)nc3c2F)c2c(Cl)cccc2c1. The van der Waals surface area contributed by atoms with Gasteiger partial charge < -0.3 is 19.1 Å². The maximum absolute atomic E-state index is 16.6. The molecule has 0 spiro atoms. The van der Waals surface area contributed by atoms with Crippen molar-refractivity contribution in [3.63, 3.8) is 0 Å². The first-order chi connectivity index (χ1) is 20.6. The number of methoxy groups -OCH3 is 1. The van der Waals surface area contributed by atoms with Crippen LogP contribution in [-0.2, 0) is 9.47 Å². The third kappa shape index (κ3) is 5.65. The van der Waals surface area contributed by atoms with Gasteiger partial charge in [-0.3, -0.25) is 9.88 Å². The minimum Gasteiger partial charge on any atom is -0.468 e. The molecular weight excluding hydrogens is 593 g/mol. The highest BCUT2D eigenvalue weighted by Gasteiger charge is 2.45. The van der Waals surface area contributed by atoms with Crippen LogP contribution in [-0.4, -0.2) is 76.9 Å². The van der Waals surface area contributed by atoms with Crippen molar-refractivity contribution in [2.45, 2.75) is 56.5 Å². The number of piperazine rings is 1. The van der Waals surface area contributed by atoms with Crippen LogP contribution in [0.4, 0.5) is 15.0 Å². The summed E-state index contributed by atoms with van der Waals surface area (Å²) in [4.78, 5) is 31.0. The highest BCUT2D eigenvalue weighted by atomic mass is 35.5. The number of hydrogen-bond donors (Lipinski definition) is 0. The van der Waals surface area contributed by atoms with E-state index in [0.717, 1.165) is 18.2 Å². The summed E-state index contributed by atoms with van der Waals surface area (Å²) in [6.07, 6.45) is 4.92. The average molecular weight is 626 g/mol. The summed E-state index contributed by atoms with van der Waals surface area (Å²) < 4.78 is 33.1. The fourth-order valence-corrected chi connectivity index (χ4v) is 6.63. The van der Waals surface area contributed by atoms with Crippen LogP contribution in [0, 0.1) is 5.82 Å².